The van der Waals surface area contributed by atoms with Crippen LogP contribution in [0.1, 0.15) is 0 Å². The third-order valence-electron chi connectivity index (χ3n) is 10.5. The number of para-hydroxylation sites is 1. The molecule has 0 saturated carbocycles. The van der Waals surface area contributed by atoms with E-state index in [4.69, 9.17) is 0 Å². The molecule has 10 rings (SSSR count). The van der Waals surface area contributed by atoms with Crippen molar-refractivity contribution in [2.45, 2.75) is 0 Å². The van der Waals surface area contributed by atoms with Crippen LogP contribution >= 0.6 is 11.3 Å². The normalized spacial score (nSPS) is 11.3. The Morgan fingerprint density at radius 3 is 1.52 bits per heavy atom. The van der Waals surface area contributed by atoms with E-state index in [0.29, 0.717) is 0 Å². The van der Waals surface area contributed by atoms with Crippen molar-refractivity contribution in [2.24, 2.45) is 0 Å². The summed E-state index contributed by atoms with van der Waals surface area (Å²) in [6.07, 6.45) is 0. The molecule has 2 heteroatoms. The van der Waals surface area contributed by atoms with Gasteiger partial charge in [0.15, 0.2) is 0 Å². The Morgan fingerprint density at radius 1 is 0.296 bits per heavy atom. The molecule has 254 valence electrons. The van der Waals surface area contributed by atoms with Crippen molar-refractivity contribution in [3.8, 4) is 44.5 Å². The molecule has 1 heterocycles. The molecule has 0 aliphatic carbocycles. The molecule has 0 atom stereocenters. The van der Waals surface area contributed by atoms with Gasteiger partial charge in [0.05, 0.1) is 5.69 Å². The zero-order chi connectivity index (χ0) is 35.8. The summed E-state index contributed by atoms with van der Waals surface area (Å²) in [5, 5.41) is 5.15. The summed E-state index contributed by atoms with van der Waals surface area (Å²) in [6, 6.07) is 77.1. The highest BCUT2D eigenvalue weighted by Crippen LogP contribution is 2.46. The Morgan fingerprint density at radius 2 is 0.778 bits per heavy atom. The van der Waals surface area contributed by atoms with Gasteiger partial charge in [0.25, 0.3) is 0 Å². The predicted octanol–water partition coefficient (Wildman–Crippen LogP) is 15.3. The lowest BCUT2D eigenvalue weighted by Gasteiger charge is -2.28. The summed E-state index contributed by atoms with van der Waals surface area (Å²) in [5.74, 6) is 0. The number of hydrogen-bond donors (Lipinski definition) is 0. The van der Waals surface area contributed by atoms with Gasteiger partial charge < -0.3 is 4.90 Å². The van der Waals surface area contributed by atoms with Crippen LogP contribution in [-0.4, -0.2) is 0 Å². The van der Waals surface area contributed by atoms with Gasteiger partial charge in [-0.15, -0.1) is 11.3 Å². The van der Waals surface area contributed by atoms with E-state index in [1.807, 2.05) is 11.3 Å². The van der Waals surface area contributed by atoms with Gasteiger partial charge in [-0.05, 0) is 92.2 Å². The molecule has 1 aromatic heterocycles. The molecule has 0 aliphatic rings. The van der Waals surface area contributed by atoms with E-state index >= 15 is 0 Å². The summed E-state index contributed by atoms with van der Waals surface area (Å²) < 4.78 is 2.62. The van der Waals surface area contributed by atoms with Crippen molar-refractivity contribution in [1.29, 1.82) is 0 Å². The highest BCUT2D eigenvalue weighted by molar-refractivity contribution is 7.25. The second-order valence-electron chi connectivity index (χ2n) is 13.7. The average Bonchev–Trinajstić information content (AvgIpc) is 3.64. The summed E-state index contributed by atoms with van der Waals surface area (Å²) in [4.78, 5) is 2.41. The molecule has 1 nitrogen and oxygen atoms in total. The number of benzene rings is 9. The molecule has 0 N–H and O–H groups in total. The second kappa shape index (κ2) is 13.7. The van der Waals surface area contributed by atoms with Gasteiger partial charge in [0, 0.05) is 37.1 Å². The maximum atomic E-state index is 2.41. The molecule has 10 aromatic rings. The Bertz CT molecular complexity index is 2900. The van der Waals surface area contributed by atoms with Crippen LogP contribution in [-0.2, 0) is 0 Å². The lowest BCUT2D eigenvalue weighted by molar-refractivity contribution is 1.28. The summed E-state index contributed by atoms with van der Waals surface area (Å²) >= 11 is 1.86. The van der Waals surface area contributed by atoms with E-state index in [9.17, 15) is 0 Å². The van der Waals surface area contributed by atoms with Crippen molar-refractivity contribution in [1.82, 2.24) is 0 Å². The average molecular weight is 706 g/mol. The van der Waals surface area contributed by atoms with Crippen molar-refractivity contribution in [3.05, 3.63) is 212 Å². The lowest BCUT2D eigenvalue weighted by atomic mass is 9.95. The first kappa shape index (κ1) is 32.0. The molecule has 0 radical (unpaired) electrons. The standard InChI is InChI=1S/C52H35NS/c1-2-12-36(13-3-1)38-28-32-42(33-29-38)53(49-21-8-6-17-46(49)47-20-11-23-51-52(47)48-18-7-9-22-50(48)54-51)43-34-30-39(31-35-43)37-24-26-41(27-25-37)45-19-10-15-40-14-4-5-16-44(40)45/h1-35H. The number of rotatable bonds is 7. The van der Waals surface area contributed by atoms with Gasteiger partial charge in [-0.2, -0.15) is 0 Å². The van der Waals surface area contributed by atoms with Crippen LogP contribution in [0.25, 0.3) is 75.5 Å². The molecular weight excluding hydrogens is 671 g/mol. The molecule has 0 unspecified atom stereocenters. The minimum absolute atomic E-state index is 1.10. The molecule has 0 amide bonds. The first-order valence-electron chi connectivity index (χ1n) is 18.4. The van der Waals surface area contributed by atoms with Gasteiger partial charge in [-0.1, -0.05) is 170 Å². The summed E-state index contributed by atoms with van der Waals surface area (Å²) in [5.41, 5.74) is 13.1. The van der Waals surface area contributed by atoms with Gasteiger partial charge >= 0.3 is 0 Å². The number of fused-ring (bicyclic) bond motifs is 4. The number of thiophene rings is 1. The maximum absolute atomic E-state index is 2.41. The molecule has 0 fully saturated rings. The molecule has 0 spiro atoms. The molecule has 0 aliphatic heterocycles. The van der Waals surface area contributed by atoms with Crippen LogP contribution < -0.4 is 4.90 Å². The summed E-state index contributed by atoms with van der Waals surface area (Å²) in [7, 11) is 0. The fourth-order valence-electron chi connectivity index (χ4n) is 7.88. The molecule has 0 bridgehead atoms. The van der Waals surface area contributed by atoms with Crippen molar-refractivity contribution in [3.63, 3.8) is 0 Å². The Hall–Kier alpha value is -6.74. The smallest absolute Gasteiger partial charge is 0.0540 e. The van der Waals surface area contributed by atoms with E-state index in [0.717, 1.165) is 17.1 Å². The lowest BCUT2D eigenvalue weighted by Crippen LogP contribution is -2.11. The highest BCUT2D eigenvalue weighted by atomic mass is 32.1. The third-order valence-corrected chi connectivity index (χ3v) is 11.7. The van der Waals surface area contributed by atoms with Crippen LogP contribution in [0.3, 0.4) is 0 Å². The monoisotopic (exact) mass is 705 g/mol. The van der Waals surface area contributed by atoms with Crippen molar-refractivity contribution >= 4 is 59.3 Å². The topological polar surface area (TPSA) is 3.24 Å². The quantitative estimate of drug-likeness (QED) is 0.160. The van der Waals surface area contributed by atoms with Crippen LogP contribution in [0.2, 0.25) is 0 Å². The predicted molar refractivity (Wildman–Crippen MR) is 233 cm³/mol. The van der Waals surface area contributed by atoms with Gasteiger partial charge in [-0.25, -0.2) is 0 Å². The molecule has 9 aromatic carbocycles. The largest absolute Gasteiger partial charge is 0.310 e. The minimum Gasteiger partial charge on any atom is -0.310 e. The van der Waals surface area contributed by atoms with Crippen LogP contribution in [0.4, 0.5) is 17.1 Å². The number of hydrogen-bond acceptors (Lipinski definition) is 2. The van der Waals surface area contributed by atoms with Gasteiger partial charge in [-0.3, -0.25) is 0 Å². The second-order valence-corrected chi connectivity index (χ2v) is 14.8. The maximum Gasteiger partial charge on any atom is 0.0540 e. The van der Waals surface area contributed by atoms with Gasteiger partial charge in [0.2, 0.25) is 0 Å². The van der Waals surface area contributed by atoms with Crippen LogP contribution in [0.15, 0.2) is 212 Å². The van der Waals surface area contributed by atoms with E-state index in [2.05, 4.69) is 217 Å². The van der Waals surface area contributed by atoms with Crippen molar-refractivity contribution < 1.29 is 0 Å². The Labute approximate surface area is 319 Å². The van der Waals surface area contributed by atoms with E-state index in [1.165, 1.54) is 75.5 Å². The van der Waals surface area contributed by atoms with Crippen LogP contribution in [0.5, 0.6) is 0 Å². The number of anilines is 3. The fraction of sp³-hybridized carbons (Fsp3) is 0. The first-order valence-corrected chi connectivity index (χ1v) is 19.2. The fourth-order valence-corrected chi connectivity index (χ4v) is 9.01. The van der Waals surface area contributed by atoms with Crippen molar-refractivity contribution in [2.75, 3.05) is 4.90 Å². The zero-order valence-electron chi connectivity index (χ0n) is 29.6. The Kier molecular flexibility index (Phi) is 8.09. The SMILES string of the molecule is c1ccc(-c2ccc(N(c3ccc(-c4ccc(-c5cccc6ccccc56)cc4)cc3)c3ccccc3-c3cccc4sc5ccccc5c34)cc2)cc1. The molecule has 54 heavy (non-hydrogen) atoms. The van der Waals surface area contributed by atoms with E-state index < -0.39 is 0 Å². The zero-order valence-corrected chi connectivity index (χ0v) is 30.4. The molecule has 0 saturated heterocycles. The number of nitrogens with zero attached hydrogens (tertiary/aromatic N) is 1. The first-order chi connectivity index (χ1) is 26.8. The highest BCUT2D eigenvalue weighted by Gasteiger charge is 2.20. The Balaban J connectivity index is 1.07. The van der Waals surface area contributed by atoms with E-state index in [-0.39, 0.29) is 0 Å². The summed E-state index contributed by atoms with van der Waals surface area (Å²) in [6.45, 7) is 0. The molecular formula is C52H35NS. The van der Waals surface area contributed by atoms with Crippen LogP contribution in [0, 0.1) is 0 Å². The third kappa shape index (κ3) is 5.74. The minimum atomic E-state index is 1.10. The van der Waals surface area contributed by atoms with Gasteiger partial charge in [0.1, 0.15) is 0 Å². The van der Waals surface area contributed by atoms with E-state index in [1.54, 1.807) is 0 Å².